The lowest BCUT2D eigenvalue weighted by Gasteiger charge is -2.12. The molecule has 0 amide bonds. The lowest BCUT2D eigenvalue weighted by atomic mass is 10.1. The van der Waals surface area contributed by atoms with E-state index in [1.54, 1.807) is 36.1 Å². The van der Waals surface area contributed by atoms with E-state index in [9.17, 15) is 8.42 Å². The fourth-order valence-electron chi connectivity index (χ4n) is 1.84. The Morgan fingerprint density at radius 1 is 1.20 bits per heavy atom. The van der Waals surface area contributed by atoms with Gasteiger partial charge < -0.3 is 9.47 Å². The van der Waals surface area contributed by atoms with Crippen LogP contribution in [0.3, 0.4) is 0 Å². The lowest BCUT2D eigenvalue weighted by molar-refractivity contribution is 0.374. The summed E-state index contributed by atoms with van der Waals surface area (Å²) < 4.78 is 35.1. The van der Waals surface area contributed by atoms with Crippen LogP contribution in [0.15, 0.2) is 29.3 Å². The Labute approximate surface area is 121 Å². The van der Waals surface area contributed by atoms with Crippen molar-refractivity contribution in [2.24, 2.45) is 7.05 Å². The van der Waals surface area contributed by atoms with Gasteiger partial charge in [0.25, 0.3) is 9.05 Å². The third-order valence-corrected chi connectivity index (χ3v) is 4.07. The molecule has 0 aliphatic heterocycles. The van der Waals surface area contributed by atoms with Gasteiger partial charge in [0.1, 0.15) is 11.5 Å². The van der Waals surface area contributed by atoms with Crippen molar-refractivity contribution in [3.63, 3.8) is 0 Å². The number of hydrogen-bond acceptors (Lipinski definition) is 5. The van der Waals surface area contributed by atoms with Gasteiger partial charge in [0.15, 0.2) is 4.90 Å². The van der Waals surface area contributed by atoms with E-state index >= 15 is 0 Å². The van der Waals surface area contributed by atoms with Crippen molar-refractivity contribution >= 4 is 19.7 Å². The highest BCUT2D eigenvalue weighted by Crippen LogP contribution is 2.39. The molecule has 8 heteroatoms. The molecule has 1 aromatic heterocycles. The van der Waals surface area contributed by atoms with Crippen LogP contribution in [0.25, 0.3) is 11.3 Å². The molecule has 1 heterocycles. The zero-order chi connectivity index (χ0) is 14.9. The number of nitrogens with zero attached hydrogens (tertiary/aromatic N) is 2. The zero-order valence-electron chi connectivity index (χ0n) is 11.1. The topological polar surface area (TPSA) is 70.4 Å². The summed E-state index contributed by atoms with van der Waals surface area (Å²) >= 11 is 0. The van der Waals surface area contributed by atoms with Crippen molar-refractivity contribution in [2.75, 3.05) is 14.2 Å². The summed E-state index contributed by atoms with van der Waals surface area (Å²) in [6.07, 6.45) is 1.78. The van der Waals surface area contributed by atoms with Gasteiger partial charge in [-0.05, 0) is 18.2 Å². The highest BCUT2D eigenvalue weighted by atomic mass is 35.7. The Kier molecular flexibility index (Phi) is 3.92. The summed E-state index contributed by atoms with van der Waals surface area (Å²) in [6, 6.07) is 4.91. The quantitative estimate of drug-likeness (QED) is 0.807. The van der Waals surface area contributed by atoms with E-state index in [1.807, 2.05) is 0 Å². The van der Waals surface area contributed by atoms with Crippen molar-refractivity contribution in [2.45, 2.75) is 4.90 Å². The number of aryl methyl sites for hydroxylation is 1. The van der Waals surface area contributed by atoms with Crippen LogP contribution in [0.4, 0.5) is 0 Å². The van der Waals surface area contributed by atoms with E-state index in [2.05, 4.69) is 5.10 Å². The maximum atomic E-state index is 11.6. The van der Waals surface area contributed by atoms with Gasteiger partial charge >= 0.3 is 0 Å². The molecular weight excluding hydrogens is 304 g/mol. The molecule has 0 bridgehead atoms. The molecule has 0 saturated carbocycles. The second-order valence-electron chi connectivity index (χ2n) is 4.02. The van der Waals surface area contributed by atoms with Gasteiger partial charge in [0.05, 0.1) is 19.9 Å². The average molecular weight is 317 g/mol. The Bertz CT molecular complexity index is 715. The number of aromatic nitrogens is 2. The minimum Gasteiger partial charge on any atom is -0.495 e. The maximum Gasteiger partial charge on any atom is 0.268 e. The van der Waals surface area contributed by atoms with Gasteiger partial charge in [-0.15, -0.1) is 0 Å². The van der Waals surface area contributed by atoms with E-state index in [4.69, 9.17) is 20.2 Å². The molecule has 20 heavy (non-hydrogen) atoms. The first-order valence-corrected chi connectivity index (χ1v) is 7.88. The maximum absolute atomic E-state index is 11.6. The van der Waals surface area contributed by atoms with E-state index in [-0.39, 0.29) is 16.4 Å². The van der Waals surface area contributed by atoms with E-state index < -0.39 is 9.05 Å². The van der Waals surface area contributed by atoms with E-state index in [1.165, 1.54) is 14.2 Å². The number of rotatable bonds is 4. The van der Waals surface area contributed by atoms with Crippen LogP contribution in [0.5, 0.6) is 11.5 Å². The number of halogens is 1. The molecule has 0 N–H and O–H groups in total. The third-order valence-electron chi connectivity index (χ3n) is 2.71. The van der Waals surface area contributed by atoms with Crippen LogP contribution in [0.2, 0.25) is 0 Å². The van der Waals surface area contributed by atoms with E-state index in [0.717, 1.165) is 0 Å². The molecule has 0 fully saturated rings. The molecule has 0 atom stereocenters. The predicted octanol–water partition coefficient (Wildman–Crippen LogP) is 2.03. The standard InChI is InChI=1S/C12H13ClN2O4S/c1-15-5-4-9(14-15)8-6-10(18-2)12(20(13,16)17)11(7-8)19-3/h4-7H,1-3H3. The number of benzene rings is 1. The van der Waals surface area contributed by atoms with Crippen LogP contribution >= 0.6 is 10.7 Å². The molecule has 0 aliphatic rings. The van der Waals surface area contributed by atoms with Crippen molar-refractivity contribution < 1.29 is 17.9 Å². The van der Waals surface area contributed by atoms with Gasteiger partial charge in [0.2, 0.25) is 0 Å². The minimum atomic E-state index is -3.99. The van der Waals surface area contributed by atoms with Gasteiger partial charge in [-0.25, -0.2) is 8.42 Å². The number of methoxy groups -OCH3 is 2. The largest absolute Gasteiger partial charge is 0.495 e. The van der Waals surface area contributed by atoms with Gasteiger partial charge in [-0.1, -0.05) is 0 Å². The SMILES string of the molecule is COc1cc(-c2ccn(C)n2)cc(OC)c1S(=O)(=O)Cl. The average Bonchev–Trinajstić information content (AvgIpc) is 2.82. The Balaban J connectivity index is 2.71. The summed E-state index contributed by atoms with van der Waals surface area (Å²) in [4.78, 5) is -0.191. The molecule has 0 spiro atoms. The molecule has 1 aromatic carbocycles. The fraction of sp³-hybridized carbons (Fsp3) is 0.250. The first-order chi connectivity index (χ1) is 9.36. The normalized spacial score (nSPS) is 11.4. The molecule has 6 nitrogen and oxygen atoms in total. The number of ether oxygens (including phenoxy) is 2. The molecule has 0 aliphatic carbocycles. The highest BCUT2D eigenvalue weighted by Gasteiger charge is 2.24. The summed E-state index contributed by atoms with van der Waals surface area (Å²) in [5.41, 5.74) is 1.34. The molecular formula is C12H13ClN2O4S. The molecule has 2 aromatic rings. The Morgan fingerprint density at radius 2 is 1.75 bits per heavy atom. The van der Waals surface area contributed by atoms with Crippen molar-refractivity contribution in [3.8, 4) is 22.8 Å². The zero-order valence-corrected chi connectivity index (χ0v) is 12.7. The van der Waals surface area contributed by atoms with Crippen LogP contribution < -0.4 is 9.47 Å². The molecule has 0 saturated heterocycles. The number of hydrogen-bond donors (Lipinski definition) is 0. The summed E-state index contributed by atoms with van der Waals surface area (Å²) in [7, 11) is 5.95. The van der Waals surface area contributed by atoms with Crippen LogP contribution in [-0.4, -0.2) is 32.4 Å². The van der Waals surface area contributed by atoms with Crippen LogP contribution in [0.1, 0.15) is 0 Å². The van der Waals surface area contributed by atoms with Crippen LogP contribution in [-0.2, 0) is 16.1 Å². The molecule has 0 radical (unpaired) electrons. The first-order valence-electron chi connectivity index (χ1n) is 5.57. The second kappa shape index (κ2) is 5.34. The molecule has 2 rings (SSSR count). The Morgan fingerprint density at radius 3 is 2.10 bits per heavy atom. The fourth-order valence-corrected chi connectivity index (χ4v) is 3.06. The molecule has 108 valence electrons. The minimum absolute atomic E-state index is 0.111. The first kappa shape index (κ1) is 14.7. The predicted molar refractivity (Wildman–Crippen MR) is 74.8 cm³/mol. The van der Waals surface area contributed by atoms with Gasteiger partial charge in [-0.3, -0.25) is 4.68 Å². The molecule has 0 unspecified atom stereocenters. The lowest BCUT2D eigenvalue weighted by Crippen LogP contribution is -2.01. The van der Waals surface area contributed by atoms with Crippen LogP contribution in [0, 0.1) is 0 Å². The van der Waals surface area contributed by atoms with Crippen molar-refractivity contribution in [1.29, 1.82) is 0 Å². The third kappa shape index (κ3) is 2.73. The monoisotopic (exact) mass is 316 g/mol. The summed E-state index contributed by atoms with van der Waals surface area (Å²) in [5, 5.41) is 4.25. The Hall–Kier alpha value is -1.73. The summed E-state index contributed by atoms with van der Waals surface area (Å²) in [6.45, 7) is 0. The smallest absolute Gasteiger partial charge is 0.268 e. The van der Waals surface area contributed by atoms with Gasteiger partial charge in [0, 0.05) is 29.5 Å². The van der Waals surface area contributed by atoms with Crippen molar-refractivity contribution in [1.82, 2.24) is 9.78 Å². The second-order valence-corrected chi connectivity index (χ2v) is 6.53. The summed E-state index contributed by atoms with van der Waals surface area (Å²) in [5.74, 6) is 0.222. The highest BCUT2D eigenvalue weighted by molar-refractivity contribution is 8.13. The van der Waals surface area contributed by atoms with Gasteiger partial charge in [-0.2, -0.15) is 5.10 Å². The van der Waals surface area contributed by atoms with E-state index in [0.29, 0.717) is 11.3 Å². The van der Waals surface area contributed by atoms with Crippen molar-refractivity contribution in [3.05, 3.63) is 24.4 Å².